The quantitative estimate of drug-likeness (QED) is 0.711. The number of carboxylic acids is 1. The largest absolute Gasteiger partial charge is 0.481 e. The molecule has 0 saturated heterocycles. The average molecular weight is 350 g/mol. The Kier molecular flexibility index (Phi) is 3.54. The lowest BCUT2D eigenvalue weighted by Crippen LogP contribution is -2.61. The second-order valence-electron chi connectivity index (χ2n) is 10.1. The number of carboxylic acid groups (broad SMARTS) is 1. The summed E-state index contributed by atoms with van der Waals surface area (Å²) in [5.41, 5.74) is -1.81. The molecule has 3 N–H and O–H groups in total. The molecule has 25 heavy (non-hydrogen) atoms. The van der Waals surface area contributed by atoms with Gasteiger partial charge >= 0.3 is 5.97 Å². The van der Waals surface area contributed by atoms with Crippen LogP contribution in [0.5, 0.6) is 0 Å². The van der Waals surface area contributed by atoms with Gasteiger partial charge in [-0.15, -0.1) is 0 Å². The maximum absolute atomic E-state index is 12.7. The molecular formula is C20H30O5. The van der Waals surface area contributed by atoms with Crippen LogP contribution in [-0.2, 0) is 9.59 Å². The molecule has 140 valence electrons. The predicted molar refractivity (Wildman–Crippen MR) is 90.7 cm³/mol. The van der Waals surface area contributed by atoms with Gasteiger partial charge in [-0.1, -0.05) is 6.92 Å². The normalized spacial score (nSPS) is 54.7. The molecule has 0 aromatic carbocycles. The van der Waals surface area contributed by atoms with E-state index in [1.54, 1.807) is 6.92 Å². The fourth-order valence-corrected chi connectivity index (χ4v) is 7.93. The molecule has 4 saturated carbocycles. The molecule has 2 unspecified atom stereocenters. The van der Waals surface area contributed by atoms with E-state index in [0.29, 0.717) is 25.7 Å². The fraction of sp³-hybridized carbons (Fsp3) is 0.900. The van der Waals surface area contributed by atoms with E-state index in [-0.39, 0.29) is 35.1 Å². The van der Waals surface area contributed by atoms with Crippen LogP contribution in [0.3, 0.4) is 0 Å². The van der Waals surface area contributed by atoms with Crippen LogP contribution in [-0.4, -0.2) is 39.8 Å². The zero-order chi connectivity index (χ0) is 18.3. The van der Waals surface area contributed by atoms with Crippen LogP contribution in [0.15, 0.2) is 0 Å². The summed E-state index contributed by atoms with van der Waals surface area (Å²) in [6, 6.07) is 0. The molecule has 4 aliphatic carbocycles. The van der Waals surface area contributed by atoms with Gasteiger partial charge in [-0.05, 0) is 74.5 Å². The molecule has 0 aromatic heterocycles. The van der Waals surface area contributed by atoms with Crippen molar-refractivity contribution in [2.45, 2.75) is 71.3 Å². The first-order valence-corrected chi connectivity index (χ1v) is 9.68. The van der Waals surface area contributed by atoms with Crippen LogP contribution >= 0.6 is 0 Å². The molecule has 5 nitrogen and oxygen atoms in total. The molecule has 7 atom stereocenters. The van der Waals surface area contributed by atoms with Crippen molar-refractivity contribution in [3.63, 3.8) is 0 Å². The molecule has 2 bridgehead atoms. The molecule has 1 spiro atoms. The van der Waals surface area contributed by atoms with Crippen molar-refractivity contribution < 1.29 is 24.9 Å². The lowest BCUT2D eigenvalue weighted by molar-refractivity contribution is -0.198. The molecule has 4 fully saturated rings. The second kappa shape index (κ2) is 5.07. The first kappa shape index (κ1) is 17.5. The third kappa shape index (κ3) is 2.03. The van der Waals surface area contributed by atoms with Crippen molar-refractivity contribution in [2.75, 3.05) is 6.61 Å². The lowest BCUT2D eigenvalue weighted by Gasteiger charge is -2.64. The highest BCUT2D eigenvalue weighted by Crippen LogP contribution is 2.72. The standard InChI is InChI=1S/C20H30O5/c1-17-7-12(22)8-18(2,16(24)25)13(17)3-5-19-9-15(23)20(10-19,11-21)6-4-14(17)19/h12-14,21-22H,3-11H2,1-2H3,(H,24,25)/t12-,13?,14?,17+,18+,19-,20-/m0/s1. The average Bonchev–Trinajstić information content (AvgIpc) is 2.72. The lowest BCUT2D eigenvalue weighted by atomic mass is 9.40. The summed E-state index contributed by atoms with van der Waals surface area (Å²) in [6.45, 7) is 3.91. The number of aliphatic carboxylic acids is 1. The van der Waals surface area contributed by atoms with Gasteiger partial charge in [0.1, 0.15) is 5.78 Å². The van der Waals surface area contributed by atoms with Crippen LogP contribution in [0.2, 0.25) is 0 Å². The summed E-state index contributed by atoms with van der Waals surface area (Å²) in [5.74, 6) is -0.300. The van der Waals surface area contributed by atoms with Crippen molar-refractivity contribution in [3.05, 3.63) is 0 Å². The fourth-order valence-electron chi connectivity index (χ4n) is 7.93. The van der Waals surface area contributed by atoms with Crippen LogP contribution in [0.4, 0.5) is 0 Å². The van der Waals surface area contributed by atoms with E-state index >= 15 is 0 Å². The number of fused-ring (bicyclic) bond motifs is 3. The van der Waals surface area contributed by atoms with E-state index in [9.17, 15) is 24.9 Å². The first-order chi connectivity index (χ1) is 11.6. The van der Waals surface area contributed by atoms with Gasteiger partial charge < -0.3 is 15.3 Å². The van der Waals surface area contributed by atoms with Crippen molar-refractivity contribution >= 4 is 11.8 Å². The highest BCUT2D eigenvalue weighted by Gasteiger charge is 2.69. The number of hydrogen-bond donors (Lipinski definition) is 3. The molecular weight excluding hydrogens is 320 g/mol. The third-order valence-corrected chi connectivity index (χ3v) is 8.86. The Morgan fingerprint density at radius 2 is 1.84 bits per heavy atom. The van der Waals surface area contributed by atoms with Gasteiger partial charge in [0.25, 0.3) is 0 Å². The zero-order valence-corrected chi connectivity index (χ0v) is 15.3. The third-order valence-electron chi connectivity index (χ3n) is 8.86. The van der Waals surface area contributed by atoms with Gasteiger partial charge in [-0.25, -0.2) is 0 Å². The molecule has 0 amide bonds. The molecule has 4 rings (SSSR count). The minimum atomic E-state index is -0.901. The molecule has 0 aromatic rings. The van der Waals surface area contributed by atoms with E-state index in [2.05, 4.69) is 6.92 Å². The maximum atomic E-state index is 12.7. The number of aliphatic hydroxyl groups excluding tert-OH is 2. The number of ketones is 1. The summed E-state index contributed by atoms with van der Waals surface area (Å²) in [7, 11) is 0. The Balaban J connectivity index is 1.76. The minimum Gasteiger partial charge on any atom is -0.481 e. The molecule has 0 heterocycles. The van der Waals surface area contributed by atoms with Gasteiger partial charge in [-0.3, -0.25) is 9.59 Å². The van der Waals surface area contributed by atoms with Gasteiger partial charge in [0.2, 0.25) is 0 Å². The van der Waals surface area contributed by atoms with Gasteiger partial charge in [0.05, 0.1) is 23.5 Å². The second-order valence-corrected chi connectivity index (χ2v) is 10.1. The summed E-state index contributed by atoms with van der Waals surface area (Å²) in [4.78, 5) is 24.8. The summed E-state index contributed by atoms with van der Waals surface area (Å²) in [5, 5.41) is 30.3. The van der Waals surface area contributed by atoms with E-state index in [1.807, 2.05) is 0 Å². The number of carbonyl (C=O) groups is 2. The Bertz CT molecular complexity index is 632. The number of rotatable bonds is 2. The highest BCUT2D eigenvalue weighted by atomic mass is 16.4. The minimum absolute atomic E-state index is 0.0360. The van der Waals surface area contributed by atoms with Gasteiger partial charge in [-0.2, -0.15) is 0 Å². The van der Waals surface area contributed by atoms with Crippen LogP contribution in [0.1, 0.15) is 65.2 Å². The van der Waals surface area contributed by atoms with E-state index in [0.717, 1.165) is 25.7 Å². The van der Waals surface area contributed by atoms with E-state index < -0.39 is 22.9 Å². The van der Waals surface area contributed by atoms with Crippen LogP contribution in [0.25, 0.3) is 0 Å². The smallest absolute Gasteiger partial charge is 0.309 e. The highest BCUT2D eigenvalue weighted by molar-refractivity contribution is 5.88. The summed E-state index contributed by atoms with van der Waals surface area (Å²) < 4.78 is 0. The predicted octanol–water partition coefficient (Wildman–Crippen LogP) is 2.39. The number of Topliss-reactive ketones (excluding diaryl/α,β-unsaturated/α-hetero) is 1. The van der Waals surface area contributed by atoms with Crippen LogP contribution in [0, 0.1) is 33.5 Å². The summed E-state index contributed by atoms with van der Waals surface area (Å²) >= 11 is 0. The zero-order valence-electron chi connectivity index (χ0n) is 15.3. The molecule has 0 aliphatic heterocycles. The van der Waals surface area contributed by atoms with Gasteiger partial charge in [0, 0.05) is 6.42 Å². The van der Waals surface area contributed by atoms with Crippen molar-refractivity contribution in [1.29, 1.82) is 0 Å². The van der Waals surface area contributed by atoms with Crippen molar-refractivity contribution in [2.24, 2.45) is 33.5 Å². The SMILES string of the molecule is C[C@@]12C[C@H](O)C[C@@](C)(C(=O)O)C1CC[C@@]13CC(=O)[C@@](CO)(CCC12)C3. The number of hydrogen-bond acceptors (Lipinski definition) is 4. The Labute approximate surface area is 148 Å². The van der Waals surface area contributed by atoms with E-state index in [1.165, 1.54) is 0 Å². The monoisotopic (exact) mass is 350 g/mol. The number of carbonyl (C=O) groups excluding carboxylic acids is 1. The maximum Gasteiger partial charge on any atom is 0.309 e. The van der Waals surface area contributed by atoms with Crippen molar-refractivity contribution in [1.82, 2.24) is 0 Å². The summed E-state index contributed by atoms with van der Waals surface area (Å²) in [6.07, 6.45) is 4.89. The molecule has 4 aliphatic rings. The number of aliphatic hydroxyl groups is 2. The van der Waals surface area contributed by atoms with E-state index in [4.69, 9.17) is 0 Å². The van der Waals surface area contributed by atoms with Crippen LogP contribution < -0.4 is 0 Å². The Morgan fingerprint density at radius 3 is 2.48 bits per heavy atom. The molecule has 0 radical (unpaired) electrons. The van der Waals surface area contributed by atoms with Gasteiger partial charge in [0.15, 0.2) is 0 Å². The Morgan fingerprint density at radius 1 is 1.16 bits per heavy atom. The first-order valence-electron chi connectivity index (χ1n) is 9.68. The van der Waals surface area contributed by atoms with Crippen molar-refractivity contribution in [3.8, 4) is 0 Å². The molecule has 5 heteroatoms. The Hall–Kier alpha value is -0.940. The topological polar surface area (TPSA) is 94.8 Å².